The number of rotatable bonds is 3. The summed E-state index contributed by atoms with van der Waals surface area (Å²) in [6.07, 6.45) is 1.52. The number of fused-ring (bicyclic) bond motifs is 1. The third kappa shape index (κ3) is 1.79. The van der Waals surface area contributed by atoms with Crippen LogP contribution in [-0.2, 0) is 0 Å². The summed E-state index contributed by atoms with van der Waals surface area (Å²) in [6, 6.07) is 12.0. The van der Waals surface area contributed by atoms with Crippen LogP contribution in [0.15, 0.2) is 42.7 Å². The van der Waals surface area contributed by atoms with Gasteiger partial charge in [-0.15, -0.1) is 0 Å². The van der Waals surface area contributed by atoms with Crippen molar-refractivity contribution in [1.29, 1.82) is 0 Å². The summed E-state index contributed by atoms with van der Waals surface area (Å²) in [4.78, 5) is 8.74. The zero-order chi connectivity index (χ0) is 12.4. The first-order chi connectivity index (χ1) is 8.88. The van der Waals surface area contributed by atoms with Crippen LogP contribution in [0.2, 0.25) is 0 Å². The number of nitrogens with zero attached hydrogens (tertiary/aromatic N) is 4. The average molecular weight is 239 g/mol. The van der Waals surface area contributed by atoms with Crippen molar-refractivity contribution in [2.24, 2.45) is 0 Å². The molecule has 0 amide bonds. The highest BCUT2D eigenvalue weighted by Crippen LogP contribution is 2.15. The van der Waals surface area contributed by atoms with E-state index >= 15 is 0 Å². The van der Waals surface area contributed by atoms with Crippen molar-refractivity contribution in [3.05, 3.63) is 42.7 Å². The van der Waals surface area contributed by atoms with E-state index in [0.717, 1.165) is 23.3 Å². The van der Waals surface area contributed by atoms with E-state index in [2.05, 4.69) is 20.4 Å². The SMILES string of the molecule is CCNc1ncnn1-c1ccc2ccccc2n1. The lowest BCUT2D eigenvalue weighted by Gasteiger charge is -2.06. The number of nitrogens with one attached hydrogen (secondary N) is 1. The maximum Gasteiger partial charge on any atom is 0.227 e. The summed E-state index contributed by atoms with van der Waals surface area (Å²) < 4.78 is 1.70. The molecule has 5 heteroatoms. The van der Waals surface area contributed by atoms with Crippen LogP contribution >= 0.6 is 0 Å². The highest BCUT2D eigenvalue weighted by Gasteiger charge is 2.07. The van der Waals surface area contributed by atoms with Crippen LogP contribution in [0.4, 0.5) is 5.95 Å². The molecule has 0 bridgehead atoms. The van der Waals surface area contributed by atoms with Crippen molar-refractivity contribution in [3.8, 4) is 5.82 Å². The Morgan fingerprint density at radius 3 is 2.94 bits per heavy atom. The minimum Gasteiger partial charge on any atom is -0.354 e. The van der Waals surface area contributed by atoms with E-state index in [1.165, 1.54) is 6.33 Å². The number of aromatic nitrogens is 4. The van der Waals surface area contributed by atoms with Crippen molar-refractivity contribution in [1.82, 2.24) is 19.7 Å². The molecule has 5 nitrogen and oxygen atoms in total. The highest BCUT2D eigenvalue weighted by molar-refractivity contribution is 5.79. The Morgan fingerprint density at radius 2 is 2.06 bits per heavy atom. The van der Waals surface area contributed by atoms with Gasteiger partial charge in [0.1, 0.15) is 6.33 Å². The van der Waals surface area contributed by atoms with Gasteiger partial charge in [-0.05, 0) is 25.1 Å². The first-order valence-corrected chi connectivity index (χ1v) is 5.88. The number of benzene rings is 1. The Hall–Kier alpha value is -2.43. The molecule has 0 aliphatic heterocycles. The van der Waals surface area contributed by atoms with Crippen LogP contribution in [0.25, 0.3) is 16.7 Å². The molecule has 1 N–H and O–H groups in total. The summed E-state index contributed by atoms with van der Waals surface area (Å²) in [5, 5.41) is 8.46. The first-order valence-electron chi connectivity index (χ1n) is 5.88. The van der Waals surface area contributed by atoms with Gasteiger partial charge in [-0.3, -0.25) is 0 Å². The van der Waals surface area contributed by atoms with Gasteiger partial charge < -0.3 is 5.32 Å². The fraction of sp³-hybridized carbons (Fsp3) is 0.154. The monoisotopic (exact) mass is 239 g/mol. The van der Waals surface area contributed by atoms with E-state index in [9.17, 15) is 0 Å². The van der Waals surface area contributed by atoms with E-state index in [1.807, 2.05) is 43.3 Å². The van der Waals surface area contributed by atoms with Crippen molar-refractivity contribution in [2.45, 2.75) is 6.92 Å². The van der Waals surface area contributed by atoms with E-state index in [0.29, 0.717) is 5.95 Å². The average Bonchev–Trinajstić information content (AvgIpc) is 2.87. The highest BCUT2D eigenvalue weighted by atomic mass is 15.4. The van der Waals surface area contributed by atoms with Crippen LogP contribution in [-0.4, -0.2) is 26.3 Å². The second-order valence-electron chi connectivity index (χ2n) is 3.89. The van der Waals surface area contributed by atoms with Gasteiger partial charge in [-0.1, -0.05) is 18.2 Å². The second kappa shape index (κ2) is 4.44. The minimum atomic E-state index is 0.709. The standard InChI is InChI=1S/C13H13N5/c1-2-14-13-15-9-16-18(13)12-8-7-10-5-3-4-6-11(10)17-12/h3-9H,2H2,1H3,(H,14,15,16). The molecule has 1 aromatic carbocycles. The van der Waals surface area contributed by atoms with Crippen molar-refractivity contribution in [2.75, 3.05) is 11.9 Å². The number of para-hydroxylation sites is 1. The third-order valence-electron chi connectivity index (χ3n) is 2.68. The van der Waals surface area contributed by atoms with Gasteiger partial charge in [-0.2, -0.15) is 14.8 Å². The number of pyridine rings is 1. The minimum absolute atomic E-state index is 0.709. The summed E-state index contributed by atoms with van der Waals surface area (Å²) in [5.41, 5.74) is 0.952. The molecule has 0 aliphatic carbocycles. The van der Waals surface area contributed by atoms with Crippen LogP contribution in [0.3, 0.4) is 0 Å². The molecule has 2 heterocycles. The fourth-order valence-electron chi connectivity index (χ4n) is 1.86. The first kappa shape index (κ1) is 10.7. The number of hydrogen-bond acceptors (Lipinski definition) is 4. The van der Waals surface area contributed by atoms with Gasteiger partial charge in [0.25, 0.3) is 0 Å². The lowest BCUT2D eigenvalue weighted by molar-refractivity contribution is 0.851. The largest absolute Gasteiger partial charge is 0.354 e. The Bertz CT molecular complexity index is 674. The molecule has 3 rings (SSSR count). The molecule has 0 radical (unpaired) electrons. The van der Waals surface area contributed by atoms with E-state index in [1.54, 1.807) is 4.68 Å². The van der Waals surface area contributed by atoms with Crippen LogP contribution in [0.5, 0.6) is 0 Å². The van der Waals surface area contributed by atoms with Gasteiger partial charge in [0.2, 0.25) is 5.95 Å². The molecule has 0 spiro atoms. The molecule has 0 fully saturated rings. The van der Waals surface area contributed by atoms with Gasteiger partial charge in [-0.25, -0.2) is 4.98 Å². The maximum absolute atomic E-state index is 4.58. The van der Waals surface area contributed by atoms with Crippen molar-refractivity contribution < 1.29 is 0 Å². The quantitative estimate of drug-likeness (QED) is 0.761. The Balaban J connectivity index is 2.10. The number of anilines is 1. The van der Waals surface area contributed by atoms with Crippen LogP contribution in [0, 0.1) is 0 Å². The topological polar surface area (TPSA) is 55.6 Å². The second-order valence-corrected chi connectivity index (χ2v) is 3.89. The summed E-state index contributed by atoms with van der Waals surface area (Å²) in [5.74, 6) is 1.47. The van der Waals surface area contributed by atoms with Crippen LogP contribution < -0.4 is 5.32 Å². The lowest BCUT2D eigenvalue weighted by atomic mass is 10.2. The van der Waals surface area contributed by atoms with Crippen LogP contribution in [0.1, 0.15) is 6.92 Å². The third-order valence-corrected chi connectivity index (χ3v) is 2.68. The van der Waals surface area contributed by atoms with Crippen molar-refractivity contribution >= 4 is 16.9 Å². The molecular formula is C13H13N5. The van der Waals surface area contributed by atoms with E-state index in [-0.39, 0.29) is 0 Å². The predicted molar refractivity (Wildman–Crippen MR) is 70.8 cm³/mol. The Labute approximate surface area is 104 Å². The zero-order valence-corrected chi connectivity index (χ0v) is 10.0. The van der Waals surface area contributed by atoms with Gasteiger partial charge >= 0.3 is 0 Å². The van der Waals surface area contributed by atoms with Crippen molar-refractivity contribution in [3.63, 3.8) is 0 Å². The zero-order valence-electron chi connectivity index (χ0n) is 10.0. The molecule has 0 saturated carbocycles. The van der Waals surface area contributed by atoms with Gasteiger partial charge in [0.15, 0.2) is 5.82 Å². The molecular weight excluding hydrogens is 226 g/mol. The summed E-state index contributed by atoms with van der Waals surface area (Å²) >= 11 is 0. The summed E-state index contributed by atoms with van der Waals surface area (Å²) in [6.45, 7) is 2.82. The molecule has 18 heavy (non-hydrogen) atoms. The van der Waals surface area contributed by atoms with E-state index in [4.69, 9.17) is 0 Å². The predicted octanol–water partition coefficient (Wildman–Crippen LogP) is 2.25. The van der Waals surface area contributed by atoms with Gasteiger partial charge in [0, 0.05) is 11.9 Å². The fourth-order valence-corrected chi connectivity index (χ4v) is 1.86. The van der Waals surface area contributed by atoms with Gasteiger partial charge in [0.05, 0.1) is 5.52 Å². The maximum atomic E-state index is 4.58. The number of hydrogen-bond donors (Lipinski definition) is 1. The molecule has 90 valence electrons. The Morgan fingerprint density at radius 1 is 1.17 bits per heavy atom. The van der Waals surface area contributed by atoms with E-state index < -0.39 is 0 Å². The molecule has 2 aromatic heterocycles. The molecule has 0 aliphatic rings. The molecule has 3 aromatic rings. The smallest absolute Gasteiger partial charge is 0.227 e. The molecule has 0 saturated heterocycles. The normalized spacial score (nSPS) is 10.7. The molecule has 0 unspecified atom stereocenters. The molecule has 0 atom stereocenters. The lowest BCUT2D eigenvalue weighted by Crippen LogP contribution is -2.07. The summed E-state index contributed by atoms with van der Waals surface area (Å²) in [7, 11) is 0. The Kier molecular flexibility index (Phi) is 2.64.